The molecule has 0 fully saturated rings. The molecule has 1 aromatic carbocycles. The van der Waals surface area contributed by atoms with Gasteiger partial charge < -0.3 is 0 Å². The first kappa shape index (κ1) is 15.0. The Morgan fingerprint density at radius 2 is 2.05 bits per heavy atom. The molecule has 1 heterocycles. The predicted octanol–water partition coefficient (Wildman–Crippen LogP) is 2.50. The van der Waals surface area contributed by atoms with Gasteiger partial charge in [-0.15, -0.1) is 0 Å². The van der Waals surface area contributed by atoms with Crippen LogP contribution in [0.2, 0.25) is 0 Å². The van der Waals surface area contributed by atoms with E-state index in [-0.39, 0.29) is 23.9 Å². The summed E-state index contributed by atoms with van der Waals surface area (Å²) >= 11 is 1.03. The summed E-state index contributed by atoms with van der Waals surface area (Å²) in [6.07, 6.45) is 0.522. The lowest BCUT2D eigenvalue weighted by Crippen LogP contribution is -2.05. The molecule has 0 aliphatic carbocycles. The summed E-state index contributed by atoms with van der Waals surface area (Å²) < 4.78 is 1.74. The molecule has 0 radical (unpaired) electrons. The zero-order valence-corrected chi connectivity index (χ0v) is 12.3. The lowest BCUT2D eigenvalue weighted by atomic mass is 10.2. The lowest BCUT2D eigenvalue weighted by Gasteiger charge is -1.98. The monoisotopic (exact) mass is 307 g/mol. The number of hydrogen-bond donors (Lipinski definition) is 0. The number of amides is 1. The van der Waals surface area contributed by atoms with Crippen molar-refractivity contribution < 1.29 is 14.5 Å². The van der Waals surface area contributed by atoms with Crippen LogP contribution in [0.3, 0.4) is 0 Å². The Morgan fingerprint density at radius 1 is 1.33 bits per heavy atom. The second kappa shape index (κ2) is 5.96. The first-order valence-electron chi connectivity index (χ1n) is 6.39. The molecular weight excluding hydrogens is 294 g/mol. The predicted molar refractivity (Wildman–Crippen MR) is 78.2 cm³/mol. The highest BCUT2D eigenvalue weighted by Gasteiger charge is 2.15. The number of carbonyl (C=O) groups is 2. The number of hydrogen-bond acceptors (Lipinski definition) is 5. The molecule has 0 saturated carbocycles. The summed E-state index contributed by atoms with van der Waals surface area (Å²) in [6, 6.07) is 4.18. The smallest absolute Gasteiger partial charge is 0.270 e. The zero-order chi connectivity index (χ0) is 15.6. The van der Waals surface area contributed by atoms with Gasteiger partial charge in [-0.1, -0.05) is 13.8 Å². The number of benzene rings is 1. The highest BCUT2D eigenvalue weighted by molar-refractivity contribution is 7.06. The van der Waals surface area contributed by atoms with Crippen molar-refractivity contribution in [2.75, 3.05) is 0 Å². The van der Waals surface area contributed by atoms with Crippen molar-refractivity contribution in [1.82, 2.24) is 3.96 Å². The summed E-state index contributed by atoms with van der Waals surface area (Å²) in [5, 5.41) is 11.3. The van der Waals surface area contributed by atoms with E-state index in [0.717, 1.165) is 11.5 Å². The summed E-state index contributed by atoms with van der Waals surface area (Å²) in [4.78, 5) is 37.7. The van der Waals surface area contributed by atoms with Gasteiger partial charge in [0.25, 0.3) is 5.69 Å². The SMILES string of the molecule is CCC(=O)N=c1sn(C(=O)CC)c2ccc([N+](=O)[O-])cc12. The van der Waals surface area contributed by atoms with E-state index in [1.54, 1.807) is 13.8 Å². The second-order valence-electron chi connectivity index (χ2n) is 4.26. The van der Waals surface area contributed by atoms with Gasteiger partial charge in [-0.25, -0.2) is 8.95 Å². The number of non-ortho nitro benzene ring substituents is 1. The van der Waals surface area contributed by atoms with E-state index in [4.69, 9.17) is 0 Å². The Balaban J connectivity index is 2.80. The van der Waals surface area contributed by atoms with Crippen molar-refractivity contribution in [3.8, 4) is 0 Å². The van der Waals surface area contributed by atoms with Gasteiger partial charge >= 0.3 is 0 Å². The summed E-state index contributed by atoms with van der Waals surface area (Å²) in [5.74, 6) is -0.481. The van der Waals surface area contributed by atoms with Crippen molar-refractivity contribution in [2.45, 2.75) is 26.7 Å². The molecule has 0 saturated heterocycles. The molecule has 0 bridgehead atoms. The van der Waals surface area contributed by atoms with Crippen LogP contribution >= 0.6 is 11.5 Å². The Bertz CT molecular complexity index is 803. The second-order valence-corrected chi connectivity index (χ2v) is 5.19. The maximum absolute atomic E-state index is 11.9. The largest absolute Gasteiger partial charge is 0.273 e. The van der Waals surface area contributed by atoms with E-state index in [1.807, 2.05) is 0 Å². The van der Waals surface area contributed by atoms with Crippen molar-refractivity contribution in [3.05, 3.63) is 33.0 Å². The van der Waals surface area contributed by atoms with Gasteiger partial charge in [-0.3, -0.25) is 19.7 Å². The Hall–Kier alpha value is -2.35. The van der Waals surface area contributed by atoms with Crippen LogP contribution in [-0.4, -0.2) is 20.7 Å². The first-order chi connectivity index (χ1) is 9.97. The number of rotatable bonds is 3. The first-order valence-corrected chi connectivity index (χ1v) is 7.16. The van der Waals surface area contributed by atoms with E-state index in [2.05, 4.69) is 4.99 Å². The van der Waals surface area contributed by atoms with Gasteiger partial charge in [0, 0.05) is 30.4 Å². The minimum Gasteiger partial charge on any atom is -0.273 e. The third-order valence-electron chi connectivity index (χ3n) is 2.88. The fourth-order valence-electron chi connectivity index (χ4n) is 1.77. The molecule has 0 unspecified atom stereocenters. The molecule has 110 valence electrons. The molecule has 0 aliphatic rings. The molecule has 2 rings (SSSR count). The lowest BCUT2D eigenvalue weighted by molar-refractivity contribution is -0.384. The molecule has 7 nitrogen and oxygen atoms in total. The number of nitro groups is 1. The van der Waals surface area contributed by atoms with Crippen LogP contribution in [-0.2, 0) is 4.79 Å². The van der Waals surface area contributed by atoms with Crippen molar-refractivity contribution in [2.24, 2.45) is 4.99 Å². The van der Waals surface area contributed by atoms with Gasteiger partial charge in [0.05, 0.1) is 10.4 Å². The van der Waals surface area contributed by atoms with Crippen molar-refractivity contribution in [1.29, 1.82) is 0 Å². The molecule has 8 heteroatoms. The van der Waals surface area contributed by atoms with Crippen LogP contribution in [0.25, 0.3) is 10.9 Å². The molecule has 0 N–H and O–H groups in total. The molecule has 0 aliphatic heterocycles. The highest BCUT2D eigenvalue weighted by atomic mass is 32.1. The number of fused-ring (bicyclic) bond motifs is 1. The van der Waals surface area contributed by atoms with Crippen molar-refractivity contribution in [3.63, 3.8) is 0 Å². The van der Waals surface area contributed by atoms with Crippen LogP contribution < -0.4 is 4.67 Å². The normalized spacial score (nSPS) is 11.8. The molecule has 0 atom stereocenters. The Kier molecular flexibility index (Phi) is 4.27. The number of carbonyl (C=O) groups excluding carboxylic acids is 2. The highest BCUT2D eigenvalue weighted by Crippen LogP contribution is 2.21. The minimum absolute atomic E-state index is 0.100. The summed E-state index contributed by atoms with van der Waals surface area (Å²) in [5.41, 5.74) is 0.428. The van der Waals surface area contributed by atoms with E-state index >= 15 is 0 Å². The Morgan fingerprint density at radius 3 is 2.62 bits per heavy atom. The molecule has 1 aromatic heterocycles. The molecule has 21 heavy (non-hydrogen) atoms. The third kappa shape index (κ3) is 2.89. The molecular formula is C13H13N3O4S. The van der Waals surface area contributed by atoms with Crippen LogP contribution in [0.15, 0.2) is 23.2 Å². The summed E-state index contributed by atoms with van der Waals surface area (Å²) in [7, 11) is 0. The zero-order valence-electron chi connectivity index (χ0n) is 11.5. The van der Waals surface area contributed by atoms with Gasteiger partial charge in [0.15, 0.2) is 0 Å². The van der Waals surface area contributed by atoms with Crippen LogP contribution in [0.5, 0.6) is 0 Å². The molecule has 0 spiro atoms. The fraction of sp³-hybridized carbons (Fsp3) is 0.308. The topological polar surface area (TPSA) is 94.6 Å². The van der Waals surface area contributed by atoms with Gasteiger partial charge in [0.2, 0.25) is 11.8 Å². The molecule has 1 amide bonds. The minimum atomic E-state index is -0.519. The fourth-order valence-corrected chi connectivity index (χ4v) is 2.84. The molecule has 2 aromatic rings. The van der Waals surface area contributed by atoms with E-state index in [9.17, 15) is 19.7 Å². The van der Waals surface area contributed by atoms with E-state index in [0.29, 0.717) is 22.0 Å². The van der Waals surface area contributed by atoms with Crippen LogP contribution in [0.1, 0.15) is 31.5 Å². The maximum Gasteiger partial charge on any atom is 0.270 e. The van der Waals surface area contributed by atoms with E-state index in [1.165, 1.54) is 22.2 Å². The van der Waals surface area contributed by atoms with E-state index < -0.39 is 4.92 Å². The number of nitrogens with zero attached hydrogens (tertiary/aromatic N) is 3. The average Bonchev–Trinajstić information content (AvgIpc) is 2.84. The summed E-state index contributed by atoms with van der Waals surface area (Å²) in [6.45, 7) is 3.40. The number of nitro benzene ring substituents is 1. The third-order valence-corrected chi connectivity index (χ3v) is 3.94. The quantitative estimate of drug-likeness (QED) is 0.643. The van der Waals surface area contributed by atoms with Gasteiger partial charge in [-0.2, -0.15) is 0 Å². The maximum atomic E-state index is 11.9. The van der Waals surface area contributed by atoms with Crippen LogP contribution in [0.4, 0.5) is 5.69 Å². The van der Waals surface area contributed by atoms with Crippen LogP contribution in [0, 0.1) is 10.1 Å². The van der Waals surface area contributed by atoms with Gasteiger partial charge in [0.1, 0.15) is 4.67 Å². The van der Waals surface area contributed by atoms with Crippen molar-refractivity contribution >= 4 is 39.9 Å². The standard InChI is InChI=1S/C13H13N3O4S/c1-3-11(17)14-13-9-7-8(16(19)20)5-6-10(9)15(21-13)12(18)4-2/h5-7H,3-4H2,1-2H3. The Labute approximate surface area is 123 Å². The number of aromatic nitrogens is 1. The average molecular weight is 307 g/mol. The van der Waals surface area contributed by atoms with Gasteiger partial charge in [-0.05, 0) is 17.6 Å².